The Labute approximate surface area is 110 Å². The molecule has 1 aliphatic rings. The molecule has 2 rings (SSSR count). The molecule has 1 atom stereocenters. The second-order valence-corrected chi connectivity index (χ2v) is 5.52. The van der Waals surface area contributed by atoms with Gasteiger partial charge in [-0.05, 0) is 26.2 Å². The van der Waals surface area contributed by atoms with Crippen LogP contribution in [-0.2, 0) is 4.79 Å². The van der Waals surface area contributed by atoms with E-state index in [2.05, 4.69) is 15.5 Å². The van der Waals surface area contributed by atoms with Crippen molar-refractivity contribution in [1.82, 2.24) is 20.1 Å². The molecule has 0 radical (unpaired) electrons. The first-order chi connectivity index (χ1) is 8.61. The van der Waals surface area contributed by atoms with Crippen molar-refractivity contribution in [1.29, 1.82) is 0 Å². The number of amides is 1. The molecule has 1 unspecified atom stereocenters. The van der Waals surface area contributed by atoms with E-state index in [1.807, 2.05) is 13.8 Å². The van der Waals surface area contributed by atoms with E-state index in [0.29, 0.717) is 10.9 Å². The zero-order valence-corrected chi connectivity index (χ0v) is 11.4. The van der Waals surface area contributed by atoms with Crippen LogP contribution in [0.15, 0.2) is 9.95 Å². The summed E-state index contributed by atoms with van der Waals surface area (Å²) in [7, 11) is 0. The molecule has 0 spiro atoms. The van der Waals surface area contributed by atoms with Crippen LogP contribution < -0.4 is 11.0 Å². The Balaban J connectivity index is 1.90. The summed E-state index contributed by atoms with van der Waals surface area (Å²) < 4.78 is 1.65. The Morgan fingerprint density at radius 3 is 3.00 bits per heavy atom. The van der Waals surface area contributed by atoms with Crippen LogP contribution in [0.5, 0.6) is 0 Å². The van der Waals surface area contributed by atoms with Crippen molar-refractivity contribution in [3.05, 3.63) is 10.5 Å². The van der Waals surface area contributed by atoms with Gasteiger partial charge in [0.15, 0.2) is 5.16 Å². The summed E-state index contributed by atoms with van der Waals surface area (Å²) in [6, 6.07) is 0.458. The maximum Gasteiger partial charge on any atom is 0.344 e. The van der Waals surface area contributed by atoms with Crippen molar-refractivity contribution >= 4 is 17.7 Å². The molecule has 1 amide bonds. The van der Waals surface area contributed by atoms with Crippen LogP contribution in [0.1, 0.15) is 39.2 Å². The number of aromatic nitrogens is 3. The van der Waals surface area contributed by atoms with Crippen LogP contribution in [-0.4, -0.2) is 32.5 Å². The predicted molar refractivity (Wildman–Crippen MR) is 69.7 cm³/mol. The van der Waals surface area contributed by atoms with Gasteiger partial charge in [0.2, 0.25) is 5.91 Å². The molecule has 1 aliphatic carbocycles. The van der Waals surface area contributed by atoms with Gasteiger partial charge in [-0.3, -0.25) is 9.36 Å². The van der Waals surface area contributed by atoms with Gasteiger partial charge >= 0.3 is 5.69 Å². The molecule has 1 heterocycles. The van der Waals surface area contributed by atoms with Crippen molar-refractivity contribution in [2.75, 3.05) is 5.75 Å². The summed E-state index contributed by atoms with van der Waals surface area (Å²) in [5.74, 6) is 0.272. The molecule has 1 aromatic rings. The van der Waals surface area contributed by atoms with E-state index in [4.69, 9.17) is 0 Å². The van der Waals surface area contributed by atoms with Gasteiger partial charge in [-0.15, -0.1) is 5.10 Å². The number of nitrogens with zero attached hydrogens (tertiary/aromatic N) is 2. The summed E-state index contributed by atoms with van der Waals surface area (Å²) in [6.07, 6.45) is 2.95. The van der Waals surface area contributed by atoms with Gasteiger partial charge in [0.25, 0.3) is 0 Å². The predicted octanol–water partition coefficient (Wildman–Crippen LogP) is 0.913. The lowest BCUT2D eigenvalue weighted by Crippen LogP contribution is -2.33. The van der Waals surface area contributed by atoms with Gasteiger partial charge in [-0.25, -0.2) is 9.89 Å². The summed E-state index contributed by atoms with van der Waals surface area (Å²) in [5, 5.41) is 9.89. The Bertz CT molecular complexity index is 478. The summed E-state index contributed by atoms with van der Waals surface area (Å²) in [6.45, 7) is 3.99. The van der Waals surface area contributed by atoms with Crippen molar-refractivity contribution in [2.24, 2.45) is 0 Å². The third kappa shape index (κ3) is 3.16. The third-order valence-electron chi connectivity index (χ3n) is 2.94. The fourth-order valence-electron chi connectivity index (χ4n) is 1.60. The fraction of sp³-hybridized carbons (Fsp3) is 0.727. The lowest BCUT2D eigenvalue weighted by molar-refractivity contribution is -0.119. The Morgan fingerprint density at radius 1 is 1.67 bits per heavy atom. The minimum Gasteiger partial charge on any atom is -0.353 e. The van der Waals surface area contributed by atoms with Crippen molar-refractivity contribution in [3.8, 4) is 0 Å². The topological polar surface area (TPSA) is 79.8 Å². The molecule has 6 nitrogen and oxygen atoms in total. The molecule has 7 heteroatoms. The van der Waals surface area contributed by atoms with Crippen molar-refractivity contribution in [2.45, 2.75) is 50.4 Å². The summed E-state index contributed by atoms with van der Waals surface area (Å²) >= 11 is 1.31. The number of carbonyl (C=O) groups excluding carboxylic acids is 1. The van der Waals surface area contributed by atoms with E-state index >= 15 is 0 Å². The first-order valence-electron chi connectivity index (χ1n) is 6.21. The highest BCUT2D eigenvalue weighted by Gasteiger charge is 2.28. The second kappa shape index (κ2) is 5.60. The van der Waals surface area contributed by atoms with Crippen LogP contribution in [0.2, 0.25) is 0 Å². The highest BCUT2D eigenvalue weighted by molar-refractivity contribution is 7.99. The normalized spacial score (nSPS) is 16.6. The standard InChI is InChI=1S/C11H18N4O2S/c1-3-7(2)12-9(16)6-18-11-14-13-10(17)15(11)8-4-5-8/h7-8H,3-6H2,1-2H3,(H,12,16)(H,13,17). The maximum atomic E-state index is 11.6. The SMILES string of the molecule is CCC(C)NC(=O)CSc1n[nH]c(=O)n1C1CC1. The molecule has 1 saturated carbocycles. The zero-order valence-electron chi connectivity index (χ0n) is 10.6. The van der Waals surface area contributed by atoms with Gasteiger partial charge in [-0.2, -0.15) is 0 Å². The fourth-order valence-corrected chi connectivity index (χ4v) is 2.42. The number of hydrogen-bond donors (Lipinski definition) is 2. The molecule has 2 N–H and O–H groups in total. The van der Waals surface area contributed by atoms with Gasteiger partial charge < -0.3 is 5.32 Å². The van der Waals surface area contributed by atoms with Gasteiger partial charge in [0, 0.05) is 12.1 Å². The second-order valence-electron chi connectivity index (χ2n) is 4.58. The molecule has 0 aliphatic heterocycles. The smallest absolute Gasteiger partial charge is 0.344 e. The number of hydrogen-bond acceptors (Lipinski definition) is 4. The molecule has 1 aromatic heterocycles. The van der Waals surface area contributed by atoms with E-state index in [0.717, 1.165) is 19.3 Å². The molecular weight excluding hydrogens is 252 g/mol. The molecule has 0 aromatic carbocycles. The van der Waals surface area contributed by atoms with Crippen LogP contribution >= 0.6 is 11.8 Å². The number of aromatic amines is 1. The third-order valence-corrected chi connectivity index (χ3v) is 3.89. The molecule has 0 bridgehead atoms. The van der Waals surface area contributed by atoms with Crippen LogP contribution in [0.25, 0.3) is 0 Å². The molecule has 0 saturated heterocycles. The van der Waals surface area contributed by atoms with E-state index < -0.39 is 0 Å². The number of carbonyl (C=O) groups is 1. The number of rotatable bonds is 6. The number of thioether (sulfide) groups is 1. The highest BCUT2D eigenvalue weighted by Crippen LogP contribution is 2.35. The first-order valence-corrected chi connectivity index (χ1v) is 7.19. The van der Waals surface area contributed by atoms with E-state index in [1.54, 1.807) is 4.57 Å². The average molecular weight is 270 g/mol. The first kappa shape index (κ1) is 13.2. The van der Waals surface area contributed by atoms with Crippen molar-refractivity contribution in [3.63, 3.8) is 0 Å². The summed E-state index contributed by atoms with van der Waals surface area (Å²) in [4.78, 5) is 23.2. The zero-order chi connectivity index (χ0) is 13.1. The minimum absolute atomic E-state index is 0.0212. The van der Waals surface area contributed by atoms with Gasteiger partial charge in [-0.1, -0.05) is 18.7 Å². The van der Waals surface area contributed by atoms with Crippen molar-refractivity contribution < 1.29 is 4.79 Å². The van der Waals surface area contributed by atoms with Crippen LogP contribution in [0.4, 0.5) is 0 Å². The highest BCUT2D eigenvalue weighted by atomic mass is 32.2. The van der Waals surface area contributed by atoms with Crippen LogP contribution in [0.3, 0.4) is 0 Å². The Morgan fingerprint density at radius 2 is 2.39 bits per heavy atom. The molecule has 18 heavy (non-hydrogen) atoms. The number of nitrogens with one attached hydrogen (secondary N) is 2. The largest absolute Gasteiger partial charge is 0.353 e. The van der Waals surface area contributed by atoms with E-state index in [9.17, 15) is 9.59 Å². The Kier molecular flexibility index (Phi) is 4.11. The van der Waals surface area contributed by atoms with Crippen LogP contribution in [0, 0.1) is 0 Å². The lowest BCUT2D eigenvalue weighted by atomic mass is 10.3. The number of H-pyrrole nitrogens is 1. The molecule has 100 valence electrons. The monoisotopic (exact) mass is 270 g/mol. The lowest BCUT2D eigenvalue weighted by Gasteiger charge is -2.10. The summed E-state index contributed by atoms with van der Waals surface area (Å²) in [5.41, 5.74) is -0.178. The van der Waals surface area contributed by atoms with E-state index in [-0.39, 0.29) is 23.7 Å². The quantitative estimate of drug-likeness (QED) is 0.753. The molecule has 1 fully saturated rings. The van der Waals surface area contributed by atoms with E-state index in [1.165, 1.54) is 11.8 Å². The minimum atomic E-state index is -0.178. The molecular formula is C11H18N4O2S. The van der Waals surface area contributed by atoms with Gasteiger partial charge in [0.1, 0.15) is 0 Å². The average Bonchev–Trinajstić information content (AvgIpc) is 3.11. The maximum absolute atomic E-state index is 11.6. The Hall–Kier alpha value is -1.24. The van der Waals surface area contributed by atoms with Gasteiger partial charge in [0.05, 0.1) is 5.75 Å².